The second kappa shape index (κ2) is 8.14. The van der Waals surface area contributed by atoms with Gasteiger partial charge in [0.1, 0.15) is 5.92 Å². The van der Waals surface area contributed by atoms with Gasteiger partial charge in [0.15, 0.2) is 6.10 Å². The molecule has 0 bridgehead atoms. The number of benzene rings is 3. The van der Waals surface area contributed by atoms with Gasteiger partial charge in [0.2, 0.25) is 5.91 Å². The number of rotatable bonds is 5. The maximum atomic E-state index is 13.6. The van der Waals surface area contributed by atoms with E-state index < -0.39 is 28.9 Å². The molecular weight excluding hydrogens is 422 g/mol. The Balaban J connectivity index is 1.58. The molecule has 0 spiro atoms. The van der Waals surface area contributed by atoms with Crippen molar-refractivity contribution in [2.45, 2.75) is 25.5 Å². The van der Waals surface area contributed by atoms with Gasteiger partial charge in [-0.25, -0.2) is 9.96 Å². The number of anilines is 2. The van der Waals surface area contributed by atoms with E-state index in [9.17, 15) is 19.7 Å². The molecule has 0 radical (unpaired) electrons. The number of hydrogen-bond donors (Lipinski definition) is 0. The number of imide groups is 1. The Hall–Kier alpha value is -4.04. The first-order valence-corrected chi connectivity index (χ1v) is 10.7. The number of carbonyl (C=O) groups is 2. The van der Waals surface area contributed by atoms with Gasteiger partial charge in [-0.15, -0.1) is 0 Å². The van der Waals surface area contributed by atoms with Crippen molar-refractivity contribution in [2.24, 2.45) is 5.92 Å². The van der Waals surface area contributed by atoms with E-state index in [4.69, 9.17) is 4.84 Å². The standard InChI is InChI=1S/C25H21N3O5/c1-2-16-11-13-18(14-12-16)26-24(29)21-22(17-7-6-10-20(15-17)28(31)32)27(33-23(21)25(26)30)19-8-4-3-5-9-19/h3-15,21-23H,2H2,1H3/t21-,22-,23+/m1/s1. The third-order valence-corrected chi connectivity index (χ3v) is 6.15. The first-order valence-electron chi connectivity index (χ1n) is 10.7. The van der Waals surface area contributed by atoms with Crippen molar-refractivity contribution in [3.63, 3.8) is 0 Å². The molecule has 0 aromatic heterocycles. The van der Waals surface area contributed by atoms with Crippen molar-refractivity contribution < 1.29 is 19.3 Å². The predicted molar refractivity (Wildman–Crippen MR) is 121 cm³/mol. The van der Waals surface area contributed by atoms with E-state index >= 15 is 0 Å². The molecule has 8 heteroatoms. The van der Waals surface area contributed by atoms with Gasteiger partial charge in [0, 0.05) is 12.1 Å². The van der Waals surface area contributed by atoms with Gasteiger partial charge < -0.3 is 0 Å². The van der Waals surface area contributed by atoms with Crippen molar-refractivity contribution in [3.8, 4) is 0 Å². The number of nitro benzene ring substituents is 1. The maximum absolute atomic E-state index is 13.6. The van der Waals surface area contributed by atoms with E-state index in [0.29, 0.717) is 16.9 Å². The summed E-state index contributed by atoms with van der Waals surface area (Å²) in [5.74, 6) is -1.67. The van der Waals surface area contributed by atoms with Crippen molar-refractivity contribution in [2.75, 3.05) is 9.96 Å². The van der Waals surface area contributed by atoms with E-state index in [2.05, 4.69) is 0 Å². The van der Waals surface area contributed by atoms with Crippen LogP contribution in [-0.2, 0) is 20.8 Å². The smallest absolute Gasteiger partial charge is 0.269 e. The predicted octanol–water partition coefficient (Wildman–Crippen LogP) is 4.21. The number of non-ortho nitro benzene ring substituents is 1. The minimum Gasteiger partial charge on any atom is -0.273 e. The normalized spacial score (nSPS) is 22.0. The maximum Gasteiger partial charge on any atom is 0.269 e. The largest absolute Gasteiger partial charge is 0.273 e. The van der Waals surface area contributed by atoms with E-state index in [1.807, 2.05) is 49.4 Å². The van der Waals surface area contributed by atoms with Crippen LogP contribution in [0.1, 0.15) is 24.1 Å². The molecule has 0 N–H and O–H groups in total. The lowest BCUT2D eigenvalue weighted by molar-refractivity contribution is -0.384. The van der Waals surface area contributed by atoms with Crippen LogP contribution in [0.2, 0.25) is 0 Å². The molecule has 33 heavy (non-hydrogen) atoms. The summed E-state index contributed by atoms with van der Waals surface area (Å²) >= 11 is 0. The average Bonchev–Trinajstić information content (AvgIpc) is 3.36. The Labute approximate surface area is 190 Å². The summed E-state index contributed by atoms with van der Waals surface area (Å²) in [7, 11) is 0. The lowest BCUT2D eigenvalue weighted by Gasteiger charge is -2.28. The first kappa shape index (κ1) is 20.8. The zero-order valence-electron chi connectivity index (χ0n) is 17.8. The lowest BCUT2D eigenvalue weighted by Crippen LogP contribution is -2.37. The molecule has 0 unspecified atom stereocenters. The Morgan fingerprint density at radius 1 is 0.909 bits per heavy atom. The molecule has 0 aliphatic carbocycles. The van der Waals surface area contributed by atoms with Gasteiger partial charge in [0.05, 0.1) is 22.3 Å². The zero-order chi connectivity index (χ0) is 23.1. The number of hydrogen-bond acceptors (Lipinski definition) is 6. The quantitative estimate of drug-likeness (QED) is 0.333. The Bertz CT molecular complexity index is 1230. The minimum atomic E-state index is -1.02. The minimum absolute atomic E-state index is 0.0901. The van der Waals surface area contributed by atoms with Crippen molar-refractivity contribution in [3.05, 3.63) is 100 Å². The van der Waals surface area contributed by atoms with E-state index in [-0.39, 0.29) is 11.6 Å². The van der Waals surface area contributed by atoms with E-state index in [0.717, 1.165) is 12.0 Å². The fourth-order valence-electron chi connectivity index (χ4n) is 4.51. The zero-order valence-corrected chi connectivity index (χ0v) is 17.8. The van der Waals surface area contributed by atoms with Crippen LogP contribution in [0.3, 0.4) is 0 Å². The fraction of sp³-hybridized carbons (Fsp3) is 0.200. The molecule has 2 aliphatic heterocycles. The summed E-state index contributed by atoms with van der Waals surface area (Å²) in [6.45, 7) is 2.03. The number of aryl methyl sites for hydroxylation is 1. The number of nitro groups is 1. The number of para-hydroxylation sites is 1. The average molecular weight is 443 g/mol. The van der Waals surface area contributed by atoms with Crippen LogP contribution >= 0.6 is 0 Å². The molecule has 2 aliphatic rings. The molecule has 2 saturated heterocycles. The Kier molecular flexibility index (Phi) is 5.14. The highest BCUT2D eigenvalue weighted by molar-refractivity contribution is 6.23. The second-order valence-electron chi connectivity index (χ2n) is 8.04. The Morgan fingerprint density at radius 3 is 2.30 bits per heavy atom. The van der Waals surface area contributed by atoms with Gasteiger partial charge >= 0.3 is 0 Å². The summed E-state index contributed by atoms with van der Waals surface area (Å²) in [6.07, 6.45) is -0.176. The highest BCUT2D eigenvalue weighted by Crippen LogP contribution is 2.47. The van der Waals surface area contributed by atoms with Crippen molar-refractivity contribution in [1.29, 1.82) is 0 Å². The SMILES string of the molecule is CCc1ccc(N2C(=O)[C@H]3[C@H](ON(c4ccccc4)[C@@H]3c3cccc([N+](=O)[O-])c3)C2=O)cc1. The van der Waals surface area contributed by atoms with Gasteiger partial charge in [-0.3, -0.25) is 24.5 Å². The van der Waals surface area contributed by atoms with Crippen LogP contribution in [0.4, 0.5) is 17.1 Å². The molecule has 5 rings (SSSR count). The van der Waals surface area contributed by atoms with E-state index in [1.54, 1.807) is 24.3 Å². The van der Waals surface area contributed by atoms with Crippen LogP contribution in [0.15, 0.2) is 78.9 Å². The first-order chi connectivity index (χ1) is 16.0. The molecule has 3 aromatic carbocycles. The van der Waals surface area contributed by atoms with Crippen LogP contribution in [-0.4, -0.2) is 22.8 Å². The van der Waals surface area contributed by atoms with Crippen molar-refractivity contribution >= 4 is 28.9 Å². The molecule has 166 valence electrons. The number of amides is 2. The molecule has 0 saturated carbocycles. The van der Waals surface area contributed by atoms with Crippen LogP contribution < -0.4 is 9.96 Å². The highest BCUT2D eigenvalue weighted by Gasteiger charge is 2.60. The summed E-state index contributed by atoms with van der Waals surface area (Å²) in [4.78, 5) is 45.1. The summed E-state index contributed by atoms with van der Waals surface area (Å²) in [5.41, 5.74) is 2.68. The number of hydroxylamine groups is 1. The van der Waals surface area contributed by atoms with Gasteiger partial charge in [-0.05, 0) is 41.8 Å². The topological polar surface area (TPSA) is 93.0 Å². The third kappa shape index (κ3) is 3.44. The summed E-state index contributed by atoms with van der Waals surface area (Å²) in [5, 5.41) is 12.9. The lowest BCUT2D eigenvalue weighted by atomic mass is 9.90. The van der Waals surface area contributed by atoms with E-state index in [1.165, 1.54) is 22.1 Å². The molecule has 3 atom stereocenters. The molecule has 8 nitrogen and oxygen atoms in total. The van der Waals surface area contributed by atoms with Crippen LogP contribution in [0.25, 0.3) is 0 Å². The number of fused-ring (bicyclic) bond motifs is 1. The molecule has 2 amide bonds. The van der Waals surface area contributed by atoms with Crippen molar-refractivity contribution in [1.82, 2.24) is 0 Å². The molecule has 2 heterocycles. The summed E-state index contributed by atoms with van der Waals surface area (Å²) in [6, 6.07) is 21.8. The molecule has 3 aromatic rings. The van der Waals surface area contributed by atoms with Gasteiger partial charge in [-0.2, -0.15) is 0 Å². The second-order valence-corrected chi connectivity index (χ2v) is 8.04. The Morgan fingerprint density at radius 2 is 1.64 bits per heavy atom. The van der Waals surface area contributed by atoms with Gasteiger partial charge in [0.25, 0.3) is 11.6 Å². The van der Waals surface area contributed by atoms with Crippen LogP contribution in [0.5, 0.6) is 0 Å². The molecule has 2 fully saturated rings. The monoisotopic (exact) mass is 443 g/mol. The van der Waals surface area contributed by atoms with Crippen LogP contribution in [0, 0.1) is 16.0 Å². The molecular formula is C25H21N3O5. The number of carbonyl (C=O) groups excluding carboxylic acids is 2. The van der Waals surface area contributed by atoms with Gasteiger partial charge in [-0.1, -0.05) is 49.4 Å². The fourth-order valence-corrected chi connectivity index (χ4v) is 4.51. The highest BCUT2D eigenvalue weighted by atomic mass is 16.7. The summed E-state index contributed by atoms with van der Waals surface area (Å²) < 4.78 is 0. The number of nitrogens with zero attached hydrogens (tertiary/aromatic N) is 3. The third-order valence-electron chi connectivity index (χ3n) is 6.15.